The van der Waals surface area contributed by atoms with Crippen LogP contribution in [-0.2, 0) is 11.2 Å². The lowest BCUT2D eigenvalue weighted by atomic mass is 10.1. The molecule has 2 rings (SSSR count). The number of carboxylic acids is 1. The molecule has 1 aromatic carbocycles. The average molecular weight is 260 g/mol. The van der Waals surface area contributed by atoms with Gasteiger partial charge in [0.25, 0.3) is 0 Å². The van der Waals surface area contributed by atoms with Crippen LogP contribution in [0, 0.1) is 0 Å². The summed E-state index contributed by atoms with van der Waals surface area (Å²) in [6.45, 7) is 0. The number of carbonyl (C=O) groups is 1. The van der Waals surface area contributed by atoms with Crippen molar-refractivity contribution in [2.24, 2.45) is 0 Å². The van der Waals surface area contributed by atoms with Gasteiger partial charge in [0.15, 0.2) is 5.69 Å². The second-order valence-corrected chi connectivity index (χ2v) is 4.53. The number of aromatic nitrogens is 1. The first-order chi connectivity index (χ1) is 9.01. The van der Waals surface area contributed by atoms with Crippen LogP contribution in [0.1, 0.15) is 5.69 Å². The van der Waals surface area contributed by atoms with E-state index in [1.165, 1.54) is 0 Å². The molecule has 2 aromatic rings. The molecule has 0 aliphatic carbocycles. The number of aliphatic carboxylic acids is 1. The fourth-order valence-electron chi connectivity index (χ4n) is 2.04. The number of anilines is 1. The number of pyridine rings is 1. The second-order valence-electron chi connectivity index (χ2n) is 4.53. The summed E-state index contributed by atoms with van der Waals surface area (Å²) >= 11 is 0. The first-order valence-electron chi connectivity index (χ1n) is 5.91. The van der Waals surface area contributed by atoms with Crippen LogP contribution in [0.3, 0.4) is 0 Å². The zero-order chi connectivity index (χ0) is 14.0. The summed E-state index contributed by atoms with van der Waals surface area (Å²) < 4.78 is 5.22. The normalized spacial score (nSPS) is 10.5. The highest BCUT2D eigenvalue weighted by Gasteiger charge is 2.14. The van der Waals surface area contributed by atoms with Crippen molar-refractivity contribution in [2.45, 2.75) is 6.42 Å². The number of hydrogen-bond donors (Lipinski definition) is 0. The standard InChI is InChI=1S/C14H16N2O3/c1-16(2)13-6-9(7-14(17)18)15-12-5-4-10(19-3)8-11(12)13/h4-6,8H,7H2,1-3H3,(H,17,18). The highest BCUT2D eigenvalue weighted by Crippen LogP contribution is 2.27. The zero-order valence-corrected chi connectivity index (χ0v) is 11.2. The Bertz CT molecular complexity index is 623. The van der Waals surface area contributed by atoms with Gasteiger partial charge in [-0.05, 0) is 12.1 Å². The smallest absolute Gasteiger partial charge is 0.213 e. The molecule has 5 heteroatoms. The molecule has 0 aliphatic rings. The van der Waals surface area contributed by atoms with Gasteiger partial charge in [-0.15, -0.1) is 0 Å². The van der Waals surface area contributed by atoms with Gasteiger partial charge in [-0.25, -0.2) is 4.98 Å². The van der Waals surface area contributed by atoms with E-state index >= 15 is 0 Å². The second kappa shape index (κ2) is 5.14. The summed E-state index contributed by atoms with van der Waals surface area (Å²) in [7, 11) is 5.44. The van der Waals surface area contributed by atoms with Gasteiger partial charge in [0.1, 0.15) is 5.75 Å². The topological polar surface area (TPSA) is 66.7 Å². The van der Waals surface area contributed by atoms with E-state index in [1.54, 1.807) is 7.11 Å². The maximum atomic E-state index is 10.7. The molecule has 0 fully saturated rings. The molecule has 0 saturated heterocycles. The third-order valence-corrected chi connectivity index (χ3v) is 2.93. The molecule has 19 heavy (non-hydrogen) atoms. The van der Waals surface area contributed by atoms with E-state index in [-0.39, 0.29) is 6.42 Å². The molecule has 5 nitrogen and oxygen atoms in total. The van der Waals surface area contributed by atoms with Crippen molar-refractivity contribution in [1.29, 1.82) is 0 Å². The summed E-state index contributed by atoms with van der Waals surface area (Å²) in [5.74, 6) is -0.342. The number of methoxy groups -OCH3 is 1. The highest BCUT2D eigenvalue weighted by atomic mass is 16.5. The van der Waals surface area contributed by atoms with Crippen molar-refractivity contribution in [3.05, 3.63) is 30.0 Å². The van der Waals surface area contributed by atoms with Gasteiger partial charge < -0.3 is 19.5 Å². The van der Waals surface area contributed by atoms with Crippen LogP contribution in [-0.4, -0.2) is 27.2 Å². The van der Waals surface area contributed by atoms with Gasteiger partial charge in [0, 0.05) is 26.2 Å². The Kier molecular flexibility index (Phi) is 3.55. The Balaban J connectivity index is 2.64. The predicted molar refractivity (Wildman–Crippen MR) is 70.1 cm³/mol. The molecule has 0 bridgehead atoms. The van der Waals surface area contributed by atoms with Crippen molar-refractivity contribution >= 4 is 22.6 Å². The van der Waals surface area contributed by atoms with E-state index < -0.39 is 5.97 Å². The van der Waals surface area contributed by atoms with Gasteiger partial charge >= 0.3 is 0 Å². The van der Waals surface area contributed by atoms with Gasteiger partial charge in [-0.1, -0.05) is 0 Å². The number of fused-ring (bicyclic) bond motifs is 1. The lowest BCUT2D eigenvalue weighted by Gasteiger charge is -2.15. The van der Waals surface area contributed by atoms with Crippen molar-refractivity contribution in [2.75, 3.05) is 26.1 Å². The Hall–Kier alpha value is -2.30. The van der Waals surface area contributed by atoms with Crippen molar-refractivity contribution < 1.29 is 19.6 Å². The average Bonchev–Trinajstić information content (AvgIpc) is 2.36. The maximum Gasteiger partial charge on any atom is 0.213 e. The largest absolute Gasteiger partial charge is 0.550 e. The van der Waals surface area contributed by atoms with Crippen LogP contribution in [0.4, 0.5) is 5.69 Å². The molecule has 0 saturated carbocycles. The number of H-pyrrole nitrogens is 1. The number of rotatable bonds is 4. The van der Waals surface area contributed by atoms with Crippen molar-refractivity contribution in [3.63, 3.8) is 0 Å². The maximum absolute atomic E-state index is 10.7. The van der Waals surface area contributed by atoms with Crippen LogP contribution in [0.25, 0.3) is 10.9 Å². The quantitative estimate of drug-likeness (QED) is 0.777. The van der Waals surface area contributed by atoms with E-state index in [0.717, 1.165) is 22.3 Å². The monoisotopic (exact) mass is 260 g/mol. The Morgan fingerprint density at radius 1 is 1.37 bits per heavy atom. The van der Waals surface area contributed by atoms with E-state index in [1.807, 2.05) is 43.3 Å². The van der Waals surface area contributed by atoms with Gasteiger partial charge in [0.2, 0.25) is 5.52 Å². The first kappa shape index (κ1) is 13.1. The fourth-order valence-corrected chi connectivity index (χ4v) is 2.04. The molecule has 0 aliphatic heterocycles. The van der Waals surface area contributed by atoms with Crippen LogP contribution in [0.2, 0.25) is 0 Å². The number of carboxylic acid groups (broad SMARTS) is 1. The van der Waals surface area contributed by atoms with Gasteiger partial charge in [0.05, 0.1) is 30.6 Å². The van der Waals surface area contributed by atoms with E-state index in [4.69, 9.17) is 4.74 Å². The summed E-state index contributed by atoms with van der Waals surface area (Å²) in [6.07, 6.45) is -0.136. The molecule has 0 amide bonds. The molecular formula is C14H16N2O3. The summed E-state index contributed by atoms with van der Waals surface area (Å²) in [5, 5.41) is 11.7. The van der Waals surface area contributed by atoms with Crippen molar-refractivity contribution in [1.82, 2.24) is 0 Å². The first-order valence-corrected chi connectivity index (χ1v) is 5.91. The molecule has 1 aromatic heterocycles. The molecule has 0 atom stereocenters. The molecular weight excluding hydrogens is 244 g/mol. The van der Waals surface area contributed by atoms with Crippen LogP contribution < -0.4 is 19.7 Å². The Morgan fingerprint density at radius 3 is 2.68 bits per heavy atom. The summed E-state index contributed by atoms with van der Waals surface area (Å²) in [4.78, 5) is 15.8. The predicted octanol–water partition coefficient (Wildman–Crippen LogP) is 0.0209. The minimum absolute atomic E-state index is 0.136. The number of nitrogens with one attached hydrogen (secondary N) is 1. The lowest BCUT2D eigenvalue weighted by molar-refractivity contribution is -0.361. The number of nitrogens with zero attached hydrogens (tertiary/aromatic N) is 1. The van der Waals surface area contributed by atoms with E-state index in [2.05, 4.69) is 4.98 Å². The minimum atomic E-state index is -1.10. The van der Waals surface area contributed by atoms with Crippen molar-refractivity contribution in [3.8, 4) is 5.75 Å². The Labute approximate surface area is 111 Å². The third-order valence-electron chi connectivity index (χ3n) is 2.93. The number of ether oxygens (including phenoxy) is 1. The molecule has 0 unspecified atom stereocenters. The summed E-state index contributed by atoms with van der Waals surface area (Å²) in [6, 6.07) is 7.45. The number of aromatic amines is 1. The van der Waals surface area contributed by atoms with E-state index in [9.17, 15) is 9.90 Å². The lowest BCUT2D eigenvalue weighted by Crippen LogP contribution is -2.28. The number of carbonyl (C=O) groups excluding carboxylic acids is 1. The molecule has 100 valence electrons. The molecule has 1 N–H and O–H groups in total. The minimum Gasteiger partial charge on any atom is -0.550 e. The third kappa shape index (κ3) is 2.76. The van der Waals surface area contributed by atoms with Gasteiger partial charge in [-0.2, -0.15) is 0 Å². The van der Waals surface area contributed by atoms with Crippen LogP contribution >= 0.6 is 0 Å². The molecule has 0 radical (unpaired) electrons. The zero-order valence-electron chi connectivity index (χ0n) is 11.2. The summed E-state index contributed by atoms with van der Waals surface area (Å²) in [5.41, 5.74) is 2.41. The fraction of sp³-hybridized carbons (Fsp3) is 0.286. The van der Waals surface area contributed by atoms with E-state index in [0.29, 0.717) is 5.69 Å². The number of hydrogen-bond acceptors (Lipinski definition) is 4. The van der Waals surface area contributed by atoms with Gasteiger partial charge in [-0.3, -0.25) is 0 Å². The SMILES string of the molecule is COc1ccc2[nH+]c(CC(=O)[O-])cc(N(C)C)c2c1. The molecule has 1 heterocycles. The number of benzene rings is 1. The Morgan fingerprint density at radius 2 is 2.11 bits per heavy atom. The van der Waals surface area contributed by atoms with Crippen LogP contribution in [0.15, 0.2) is 24.3 Å². The molecule has 0 spiro atoms. The van der Waals surface area contributed by atoms with Crippen LogP contribution in [0.5, 0.6) is 5.75 Å². The highest BCUT2D eigenvalue weighted by molar-refractivity contribution is 5.91.